The van der Waals surface area contributed by atoms with E-state index in [-0.39, 0.29) is 6.61 Å². The summed E-state index contributed by atoms with van der Waals surface area (Å²) in [5.41, 5.74) is 1.82. The molecule has 22 heavy (non-hydrogen) atoms. The van der Waals surface area contributed by atoms with Gasteiger partial charge in [0.1, 0.15) is 30.2 Å². The van der Waals surface area contributed by atoms with E-state index in [1.54, 1.807) is 7.11 Å². The first kappa shape index (κ1) is 15.3. The molecule has 2 aromatic heterocycles. The fourth-order valence-corrected chi connectivity index (χ4v) is 2.58. The summed E-state index contributed by atoms with van der Waals surface area (Å²) in [5, 5.41) is 29.1. The Hall–Kier alpha value is -1.65. The second kappa shape index (κ2) is 6.23. The van der Waals surface area contributed by atoms with E-state index in [9.17, 15) is 10.2 Å². The Labute approximate surface area is 126 Å². The zero-order valence-corrected chi connectivity index (χ0v) is 12.0. The molecular formula is C13H18N4O5. The van der Waals surface area contributed by atoms with Crippen molar-refractivity contribution in [3.63, 3.8) is 0 Å². The molecule has 9 heteroatoms. The maximum atomic E-state index is 10.1. The van der Waals surface area contributed by atoms with Gasteiger partial charge in [0.2, 0.25) is 0 Å². The number of imidazole rings is 1. The van der Waals surface area contributed by atoms with Crippen LogP contribution in [0.2, 0.25) is 0 Å². The van der Waals surface area contributed by atoms with E-state index < -0.39 is 24.5 Å². The Bertz CT molecular complexity index is 648. The number of aliphatic hydroxyl groups excluding tert-OH is 3. The van der Waals surface area contributed by atoms with Crippen LogP contribution in [-0.2, 0) is 15.9 Å². The summed E-state index contributed by atoms with van der Waals surface area (Å²) in [4.78, 5) is 12.6. The zero-order chi connectivity index (χ0) is 15.7. The van der Waals surface area contributed by atoms with Crippen LogP contribution in [0.5, 0.6) is 0 Å². The molecule has 0 aliphatic carbocycles. The monoisotopic (exact) mass is 310 g/mol. The topological polar surface area (TPSA) is 123 Å². The van der Waals surface area contributed by atoms with Gasteiger partial charge in [-0.15, -0.1) is 0 Å². The highest BCUT2D eigenvalue weighted by molar-refractivity contribution is 5.73. The summed E-state index contributed by atoms with van der Waals surface area (Å²) in [5.74, 6) is 0. The number of hydrogen-bond acceptors (Lipinski definition) is 8. The van der Waals surface area contributed by atoms with Crippen molar-refractivity contribution in [2.24, 2.45) is 0 Å². The first-order valence-corrected chi connectivity index (χ1v) is 6.95. The van der Waals surface area contributed by atoms with Crippen LogP contribution < -0.4 is 0 Å². The number of rotatable bonds is 5. The van der Waals surface area contributed by atoms with Crippen LogP contribution in [0.25, 0.3) is 11.2 Å². The molecule has 1 aliphatic heterocycles. The molecule has 0 bridgehead atoms. The number of aromatic nitrogens is 4. The lowest BCUT2D eigenvalue weighted by Crippen LogP contribution is -2.33. The van der Waals surface area contributed by atoms with Gasteiger partial charge >= 0.3 is 0 Å². The molecule has 0 radical (unpaired) electrons. The number of methoxy groups -OCH3 is 1. The van der Waals surface area contributed by atoms with Crippen LogP contribution in [0.1, 0.15) is 11.9 Å². The second-order valence-electron chi connectivity index (χ2n) is 5.12. The van der Waals surface area contributed by atoms with Crippen molar-refractivity contribution in [1.82, 2.24) is 19.5 Å². The van der Waals surface area contributed by atoms with E-state index in [4.69, 9.17) is 14.6 Å². The molecule has 0 spiro atoms. The Balaban J connectivity index is 1.95. The number of ether oxygens (including phenoxy) is 2. The molecule has 0 saturated carbocycles. The third-order valence-corrected chi connectivity index (χ3v) is 3.77. The quantitative estimate of drug-likeness (QED) is 0.618. The molecule has 2 aromatic rings. The minimum atomic E-state index is -1.17. The fraction of sp³-hybridized carbons (Fsp3) is 0.615. The maximum Gasteiger partial charge on any atom is 0.165 e. The van der Waals surface area contributed by atoms with Crippen LogP contribution in [-0.4, -0.2) is 73.5 Å². The molecule has 3 heterocycles. The lowest BCUT2D eigenvalue weighted by Gasteiger charge is -2.16. The van der Waals surface area contributed by atoms with Crippen molar-refractivity contribution >= 4 is 11.2 Å². The van der Waals surface area contributed by atoms with Gasteiger partial charge in [-0.05, 0) is 0 Å². The van der Waals surface area contributed by atoms with Gasteiger partial charge in [-0.1, -0.05) is 0 Å². The second-order valence-corrected chi connectivity index (χ2v) is 5.12. The van der Waals surface area contributed by atoms with Crippen molar-refractivity contribution < 1.29 is 24.8 Å². The number of hydrogen-bond donors (Lipinski definition) is 3. The third-order valence-electron chi connectivity index (χ3n) is 3.77. The van der Waals surface area contributed by atoms with Crippen LogP contribution in [0.15, 0.2) is 12.7 Å². The van der Waals surface area contributed by atoms with Crippen molar-refractivity contribution in [3.05, 3.63) is 18.3 Å². The van der Waals surface area contributed by atoms with Crippen LogP contribution in [0, 0.1) is 0 Å². The summed E-state index contributed by atoms with van der Waals surface area (Å²) in [6.07, 6.45) is -0.561. The van der Waals surface area contributed by atoms with Gasteiger partial charge in [0.05, 0.1) is 25.2 Å². The largest absolute Gasteiger partial charge is 0.394 e. The molecule has 0 unspecified atom stereocenters. The van der Waals surface area contributed by atoms with E-state index in [1.165, 1.54) is 17.2 Å². The summed E-state index contributed by atoms with van der Waals surface area (Å²) >= 11 is 0. The van der Waals surface area contributed by atoms with Gasteiger partial charge in [-0.25, -0.2) is 15.0 Å². The first-order chi connectivity index (χ1) is 10.7. The Morgan fingerprint density at radius 3 is 2.77 bits per heavy atom. The van der Waals surface area contributed by atoms with Crippen molar-refractivity contribution in [2.75, 3.05) is 20.3 Å². The summed E-state index contributed by atoms with van der Waals surface area (Å²) in [6.45, 7) is 0.127. The summed E-state index contributed by atoms with van der Waals surface area (Å²) < 4.78 is 12.1. The molecule has 9 nitrogen and oxygen atoms in total. The lowest BCUT2D eigenvalue weighted by molar-refractivity contribution is -0.0511. The van der Waals surface area contributed by atoms with Crippen LogP contribution in [0.3, 0.4) is 0 Å². The first-order valence-electron chi connectivity index (χ1n) is 6.95. The highest BCUT2D eigenvalue weighted by Crippen LogP contribution is 2.31. The number of fused-ring (bicyclic) bond motifs is 1. The minimum absolute atomic E-state index is 0.380. The van der Waals surface area contributed by atoms with E-state index in [0.717, 1.165) is 5.69 Å². The molecule has 0 amide bonds. The normalized spacial score (nSPS) is 28.5. The maximum absolute atomic E-state index is 10.1. The average molecular weight is 310 g/mol. The smallest absolute Gasteiger partial charge is 0.165 e. The predicted octanol–water partition coefficient (Wildman–Crippen LogP) is -1.37. The summed E-state index contributed by atoms with van der Waals surface area (Å²) in [7, 11) is 1.61. The Kier molecular flexibility index (Phi) is 4.32. The molecule has 3 N–H and O–H groups in total. The van der Waals surface area contributed by atoms with E-state index >= 15 is 0 Å². The third kappa shape index (κ3) is 2.46. The van der Waals surface area contributed by atoms with Crippen LogP contribution >= 0.6 is 0 Å². The Morgan fingerprint density at radius 1 is 1.27 bits per heavy atom. The summed E-state index contributed by atoms with van der Waals surface area (Å²) in [6, 6.07) is 0. The fourth-order valence-electron chi connectivity index (χ4n) is 2.58. The van der Waals surface area contributed by atoms with Gasteiger partial charge in [-0.2, -0.15) is 0 Å². The van der Waals surface area contributed by atoms with E-state index in [2.05, 4.69) is 15.0 Å². The van der Waals surface area contributed by atoms with Gasteiger partial charge in [-0.3, -0.25) is 4.57 Å². The van der Waals surface area contributed by atoms with Gasteiger partial charge in [0, 0.05) is 13.5 Å². The predicted molar refractivity (Wildman–Crippen MR) is 73.9 cm³/mol. The zero-order valence-electron chi connectivity index (χ0n) is 12.0. The van der Waals surface area contributed by atoms with Crippen molar-refractivity contribution in [3.8, 4) is 0 Å². The molecule has 0 aromatic carbocycles. The van der Waals surface area contributed by atoms with Crippen LogP contribution in [0.4, 0.5) is 0 Å². The number of aliphatic hydroxyl groups is 3. The minimum Gasteiger partial charge on any atom is -0.394 e. The van der Waals surface area contributed by atoms with Gasteiger partial charge in [0.15, 0.2) is 11.9 Å². The Morgan fingerprint density at radius 2 is 2.09 bits per heavy atom. The molecule has 1 fully saturated rings. The molecular weight excluding hydrogens is 292 g/mol. The van der Waals surface area contributed by atoms with E-state index in [0.29, 0.717) is 24.2 Å². The molecule has 1 aliphatic rings. The molecule has 3 rings (SSSR count). The molecule has 1 saturated heterocycles. The van der Waals surface area contributed by atoms with E-state index in [1.807, 2.05) is 0 Å². The lowest BCUT2D eigenvalue weighted by atomic mass is 10.1. The number of nitrogens with zero attached hydrogens (tertiary/aromatic N) is 4. The highest BCUT2D eigenvalue weighted by atomic mass is 16.6. The van der Waals surface area contributed by atoms with Gasteiger partial charge < -0.3 is 24.8 Å². The molecule has 4 atom stereocenters. The van der Waals surface area contributed by atoms with Crippen molar-refractivity contribution in [1.29, 1.82) is 0 Å². The molecule has 120 valence electrons. The van der Waals surface area contributed by atoms with Gasteiger partial charge in [0.25, 0.3) is 0 Å². The average Bonchev–Trinajstić information content (AvgIpc) is 3.08. The standard InChI is InChI=1S/C13H18N4O5/c1-21-3-2-7-9-12(15-5-14-7)17(6-16-9)13-11(20)10(19)8(4-18)22-13/h5-6,8,10-11,13,18-20H,2-4H2,1H3/t8-,10-,11-,13-/m1/s1. The highest BCUT2D eigenvalue weighted by Gasteiger charge is 2.43. The van der Waals surface area contributed by atoms with Crippen molar-refractivity contribution in [2.45, 2.75) is 31.0 Å². The SMILES string of the molecule is COCCc1ncnc2c1ncn2[C@@H]1O[C@H](CO)[C@@H](O)[C@H]1O.